The summed E-state index contributed by atoms with van der Waals surface area (Å²) >= 11 is 0. The molecule has 0 saturated heterocycles. The standard InChI is InChI=1S/C11H21NO/c1-7-4-8(2)6-10(5-7)11(13)9(3)12/h7-10H,4-6,12H2,1-3H3. The van der Waals surface area contributed by atoms with Crippen molar-refractivity contribution in [1.29, 1.82) is 0 Å². The molecule has 13 heavy (non-hydrogen) atoms. The van der Waals surface area contributed by atoms with Gasteiger partial charge in [-0.25, -0.2) is 0 Å². The Kier molecular flexibility index (Phi) is 3.48. The molecular formula is C11H21NO. The van der Waals surface area contributed by atoms with Crippen molar-refractivity contribution >= 4 is 5.78 Å². The molecule has 2 heteroatoms. The zero-order valence-electron chi connectivity index (χ0n) is 8.92. The Balaban J connectivity index is 2.55. The van der Waals surface area contributed by atoms with Crippen LogP contribution < -0.4 is 5.73 Å². The molecule has 0 bridgehead atoms. The van der Waals surface area contributed by atoms with Crippen molar-refractivity contribution in [3.8, 4) is 0 Å². The van der Waals surface area contributed by atoms with Gasteiger partial charge in [0.25, 0.3) is 0 Å². The molecule has 1 rings (SSSR count). The topological polar surface area (TPSA) is 43.1 Å². The van der Waals surface area contributed by atoms with Crippen LogP contribution in [0.1, 0.15) is 40.0 Å². The summed E-state index contributed by atoms with van der Waals surface area (Å²) in [4.78, 5) is 11.7. The van der Waals surface area contributed by atoms with E-state index < -0.39 is 0 Å². The predicted octanol–water partition coefficient (Wildman–Crippen LogP) is 1.98. The molecule has 1 aliphatic rings. The van der Waals surface area contributed by atoms with E-state index in [-0.39, 0.29) is 17.7 Å². The van der Waals surface area contributed by atoms with E-state index in [1.54, 1.807) is 6.92 Å². The van der Waals surface area contributed by atoms with Gasteiger partial charge in [-0.05, 0) is 38.0 Å². The summed E-state index contributed by atoms with van der Waals surface area (Å²) in [6.45, 7) is 6.26. The number of carbonyl (C=O) groups excluding carboxylic acids is 1. The fourth-order valence-corrected chi connectivity index (χ4v) is 2.55. The van der Waals surface area contributed by atoms with Crippen molar-refractivity contribution in [3.05, 3.63) is 0 Å². The molecule has 0 amide bonds. The summed E-state index contributed by atoms with van der Waals surface area (Å²) in [5.74, 6) is 1.88. The molecular weight excluding hydrogens is 162 g/mol. The van der Waals surface area contributed by atoms with E-state index in [4.69, 9.17) is 5.73 Å². The molecule has 3 atom stereocenters. The van der Waals surface area contributed by atoms with Gasteiger partial charge in [-0.15, -0.1) is 0 Å². The van der Waals surface area contributed by atoms with Gasteiger partial charge in [-0.1, -0.05) is 13.8 Å². The monoisotopic (exact) mass is 183 g/mol. The number of carbonyl (C=O) groups is 1. The molecule has 1 saturated carbocycles. The molecule has 0 aromatic heterocycles. The van der Waals surface area contributed by atoms with Gasteiger partial charge in [0.05, 0.1) is 6.04 Å². The van der Waals surface area contributed by atoms with Gasteiger partial charge in [0.1, 0.15) is 0 Å². The smallest absolute Gasteiger partial charge is 0.152 e. The van der Waals surface area contributed by atoms with E-state index in [9.17, 15) is 4.79 Å². The summed E-state index contributed by atoms with van der Waals surface area (Å²) in [5, 5.41) is 0. The molecule has 0 heterocycles. The Bertz CT molecular complexity index is 179. The van der Waals surface area contributed by atoms with Crippen LogP contribution in [0.2, 0.25) is 0 Å². The van der Waals surface area contributed by atoms with Crippen molar-refractivity contribution in [2.24, 2.45) is 23.5 Å². The van der Waals surface area contributed by atoms with Crippen LogP contribution in [0.3, 0.4) is 0 Å². The highest BCUT2D eigenvalue weighted by molar-refractivity contribution is 5.85. The van der Waals surface area contributed by atoms with E-state index >= 15 is 0 Å². The van der Waals surface area contributed by atoms with Crippen LogP contribution in [0, 0.1) is 17.8 Å². The molecule has 0 aromatic carbocycles. The molecule has 76 valence electrons. The van der Waals surface area contributed by atoms with Gasteiger partial charge in [0.2, 0.25) is 0 Å². The lowest BCUT2D eigenvalue weighted by Gasteiger charge is -2.31. The van der Waals surface area contributed by atoms with Crippen molar-refractivity contribution in [2.45, 2.75) is 46.1 Å². The number of ketones is 1. The van der Waals surface area contributed by atoms with Gasteiger partial charge in [-0.3, -0.25) is 4.79 Å². The predicted molar refractivity (Wildman–Crippen MR) is 54.3 cm³/mol. The summed E-state index contributed by atoms with van der Waals surface area (Å²) in [6, 6.07) is -0.275. The maximum atomic E-state index is 11.7. The molecule has 2 N–H and O–H groups in total. The van der Waals surface area contributed by atoms with Crippen LogP contribution in [0.25, 0.3) is 0 Å². The average Bonchev–Trinajstić information content (AvgIpc) is 2.01. The Labute approximate surface area is 80.9 Å². The lowest BCUT2D eigenvalue weighted by molar-refractivity contribution is -0.125. The van der Waals surface area contributed by atoms with Crippen molar-refractivity contribution in [1.82, 2.24) is 0 Å². The highest BCUT2D eigenvalue weighted by Gasteiger charge is 2.29. The first kappa shape index (κ1) is 10.7. The fraction of sp³-hybridized carbons (Fsp3) is 0.909. The molecule has 3 unspecified atom stereocenters. The van der Waals surface area contributed by atoms with E-state index in [0.29, 0.717) is 11.8 Å². The van der Waals surface area contributed by atoms with Gasteiger partial charge in [0, 0.05) is 5.92 Å². The van der Waals surface area contributed by atoms with E-state index in [0.717, 1.165) is 12.8 Å². The molecule has 1 fully saturated rings. The lowest BCUT2D eigenvalue weighted by atomic mass is 9.74. The zero-order chi connectivity index (χ0) is 10.0. The first-order valence-electron chi connectivity index (χ1n) is 5.30. The van der Waals surface area contributed by atoms with Crippen LogP contribution in [0.4, 0.5) is 0 Å². The van der Waals surface area contributed by atoms with Gasteiger partial charge in [0.15, 0.2) is 5.78 Å². The number of hydrogen-bond donors (Lipinski definition) is 1. The quantitative estimate of drug-likeness (QED) is 0.711. The maximum Gasteiger partial charge on any atom is 0.152 e. The minimum Gasteiger partial charge on any atom is -0.322 e. The van der Waals surface area contributed by atoms with Crippen LogP contribution in [-0.2, 0) is 4.79 Å². The average molecular weight is 183 g/mol. The molecule has 0 radical (unpaired) electrons. The number of nitrogens with two attached hydrogens (primary N) is 1. The van der Waals surface area contributed by atoms with Crippen LogP contribution in [0.5, 0.6) is 0 Å². The van der Waals surface area contributed by atoms with Crippen molar-refractivity contribution < 1.29 is 4.79 Å². The Morgan fingerprint density at radius 2 is 1.69 bits per heavy atom. The van der Waals surface area contributed by atoms with Gasteiger partial charge in [-0.2, -0.15) is 0 Å². The lowest BCUT2D eigenvalue weighted by Crippen LogP contribution is -2.36. The summed E-state index contributed by atoms with van der Waals surface area (Å²) in [5.41, 5.74) is 5.61. The first-order chi connectivity index (χ1) is 6.00. The highest BCUT2D eigenvalue weighted by atomic mass is 16.1. The Morgan fingerprint density at radius 1 is 1.23 bits per heavy atom. The number of hydrogen-bond acceptors (Lipinski definition) is 2. The molecule has 1 aliphatic carbocycles. The van der Waals surface area contributed by atoms with E-state index in [1.165, 1.54) is 6.42 Å². The molecule has 0 spiro atoms. The van der Waals surface area contributed by atoms with Gasteiger partial charge < -0.3 is 5.73 Å². The number of rotatable bonds is 2. The summed E-state index contributed by atoms with van der Waals surface area (Å²) in [7, 11) is 0. The Morgan fingerprint density at radius 3 is 2.08 bits per heavy atom. The number of Topliss-reactive ketones (excluding diaryl/α,β-unsaturated/α-hetero) is 1. The third-order valence-electron chi connectivity index (χ3n) is 3.03. The SMILES string of the molecule is CC1CC(C)CC(C(=O)C(C)N)C1. The van der Waals surface area contributed by atoms with E-state index in [2.05, 4.69) is 13.8 Å². The fourth-order valence-electron chi connectivity index (χ4n) is 2.55. The minimum atomic E-state index is -0.275. The molecule has 2 nitrogen and oxygen atoms in total. The third-order valence-corrected chi connectivity index (χ3v) is 3.03. The van der Waals surface area contributed by atoms with E-state index in [1.807, 2.05) is 0 Å². The maximum absolute atomic E-state index is 11.7. The summed E-state index contributed by atoms with van der Waals surface area (Å²) < 4.78 is 0. The van der Waals surface area contributed by atoms with Crippen LogP contribution in [-0.4, -0.2) is 11.8 Å². The Hall–Kier alpha value is -0.370. The summed E-state index contributed by atoms with van der Waals surface area (Å²) in [6.07, 6.45) is 3.36. The minimum absolute atomic E-state index is 0.235. The molecule has 0 aliphatic heterocycles. The third kappa shape index (κ3) is 2.80. The largest absolute Gasteiger partial charge is 0.322 e. The van der Waals surface area contributed by atoms with Crippen molar-refractivity contribution in [3.63, 3.8) is 0 Å². The van der Waals surface area contributed by atoms with Crippen LogP contribution in [0.15, 0.2) is 0 Å². The second-order valence-electron chi connectivity index (χ2n) is 4.81. The normalized spacial score (nSPS) is 37.1. The van der Waals surface area contributed by atoms with Gasteiger partial charge >= 0.3 is 0 Å². The highest BCUT2D eigenvalue weighted by Crippen LogP contribution is 2.33. The second kappa shape index (κ2) is 4.23. The van der Waals surface area contributed by atoms with Crippen LogP contribution >= 0.6 is 0 Å². The van der Waals surface area contributed by atoms with Crippen molar-refractivity contribution in [2.75, 3.05) is 0 Å². The first-order valence-corrected chi connectivity index (χ1v) is 5.30. The molecule has 0 aromatic rings. The second-order valence-corrected chi connectivity index (χ2v) is 4.81. The zero-order valence-corrected chi connectivity index (χ0v) is 8.92.